The van der Waals surface area contributed by atoms with Crippen LogP contribution in [0.1, 0.15) is 15.9 Å². The van der Waals surface area contributed by atoms with Gasteiger partial charge in [-0.2, -0.15) is 4.31 Å². The summed E-state index contributed by atoms with van der Waals surface area (Å²) in [5.41, 5.74) is 0.907. The van der Waals surface area contributed by atoms with E-state index in [0.717, 1.165) is 11.6 Å². The summed E-state index contributed by atoms with van der Waals surface area (Å²) < 4.78 is 32.2. The molecule has 0 radical (unpaired) electrons. The van der Waals surface area contributed by atoms with Crippen molar-refractivity contribution in [2.24, 2.45) is 0 Å². The lowest BCUT2D eigenvalue weighted by atomic mass is 10.1. The molecule has 0 aliphatic carbocycles. The first-order valence-corrected chi connectivity index (χ1v) is 10.4. The summed E-state index contributed by atoms with van der Waals surface area (Å²) in [6.07, 6.45) is 0. The number of para-hydroxylation sites is 1. The molecule has 10 heteroatoms. The zero-order chi connectivity index (χ0) is 21.2. The second kappa shape index (κ2) is 8.18. The van der Waals surface area contributed by atoms with E-state index in [9.17, 15) is 23.3 Å². The Morgan fingerprint density at radius 3 is 2.38 bits per heavy atom. The van der Waals surface area contributed by atoms with Crippen molar-refractivity contribution in [1.82, 2.24) is 9.21 Å². The Labute approximate surface area is 168 Å². The molecule has 0 bridgehead atoms. The van der Waals surface area contributed by atoms with Crippen molar-refractivity contribution < 1.29 is 22.9 Å². The molecule has 1 aliphatic rings. The van der Waals surface area contributed by atoms with Crippen LogP contribution >= 0.6 is 0 Å². The molecule has 1 saturated heterocycles. The van der Waals surface area contributed by atoms with Crippen molar-refractivity contribution in [2.45, 2.75) is 11.8 Å². The number of nitro groups is 1. The van der Waals surface area contributed by atoms with Gasteiger partial charge in [-0.05, 0) is 30.7 Å². The van der Waals surface area contributed by atoms with E-state index in [1.54, 1.807) is 23.1 Å². The number of carbonyl (C=O) groups is 1. The standard InChI is InChI=1S/C19H21N3O6S/c1-14-7-8-15(13-17(14)28-2)19(23)20-9-11-21(12-10-20)29(26,27)18-6-4-3-5-16(18)22(24)25/h3-8,13H,9-12H2,1-2H3. The minimum atomic E-state index is -4.03. The smallest absolute Gasteiger partial charge is 0.289 e. The fourth-order valence-corrected chi connectivity index (χ4v) is 4.81. The Morgan fingerprint density at radius 1 is 1.10 bits per heavy atom. The van der Waals surface area contributed by atoms with Gasteiger partial charge < -0.3 is 9.64 Å². The number of ether oxygens (including phenoxy) is 1. The fourth-order valence-electron chi connectivity index (χ4n) is 3.23. The molecule has 154 valence electrons. The third-order valence-electron chi connectivity index (χ3n) is 4.86. The monoisotopic (exact) mass is 419 g/mol. The van der Waals surface area contributed by atoms with Crippen LogP contribution in [0.2, 0.25) is 0 Å². The molecule has 2 aromatic carbocycles. The lowest BCUT2D eigenvalue weighted by molar-refractivity contribution is -0.387. The summed E-state index contributed by atoms with van der Waals surface area (Å²) in [7, 11) is -2.50. The fraction of sp³-hybridized carbons (Fsp3) is 0.316. The van der Waals surface area contributed by atoms with E-state index >= 15 is 0 Å². The van der Waals surface area contributed by atoms with Crippen molar-refractivity contribution >= 4 is 21.6 Å². The predicted octanol–water partition coefficient (Wildman–Crippen LogP) is 2.06. The molecule has 0 spiro atoms. The summed E-state index contributed by atoms with van der Waals surface area (Å²) in [6.45, 7) is 2.37. The highest BCUT2D eigenvalue weighted by molar-refractivity contribution is 7.89. The van der Waals surface area contributed by atoms with Crippen LogP contribution in [0.5, 0.6) is 5.75 Å². The van der Waals surface area contributed by atoms with E-state index in [2.05, 4.69) is 0 Å². The number of hydrogen-bond donors (Lipinski definition) is 0. The number of benzene rings is 2. The van der Waals surface area contributed by atoms with Gasteiger partial charge in [0.15, 0.2) is 4.90 Å². The van der Waals surface area contributed by atoms with Crippen LogP contribution in [0.25, 0.3) is 0 Å². The van der Waals surface area contributed by atoms with E-state index in [0.29, 0.717) is 11.3 Å². The average molecular weight is 419 g/mol. The highest BCUT2D eigenvalue weighted by Gasteiger charge is 2.34. The number of hydrogen-bond acceptors (Lipinski definition) is 6. The number of carbonyl (C=O) groups excluding carboxylic acids is 1. The van der Waals surface area contributed by atoms with Gasteiger partial charge in [-0.3, -0.25) is 14.9 Å². The Bertz CT molecular complexity index is 1050. The van der Waals surface area contributed by atoms with Gasteiger partial charge >= 0.3 is 0 Å². The molecule has 0 unspecified atom stereocenters. The van der Waals surface area contributed by atoms with E-state index < -0.39 is 20.6 Å². The predicted molar refractivity (Wildman–Crippen MR) is 105 cm³/mol. The number of rotatable bonds is 5. The zero-order valence-electron chi connectivity index (χ0n) is 16.1. The maximum atomic E-state index is 12.9. The SMILES string of the molecule is COc1cc(C(=O)N2CCN(S(=O)(=O)c3ccccc3[N+](=O)[O-])CC2)ccc1C. The second-order valence-electron chi connectivity index (χ2n) is 6.61. The van der Waals surface area contributed by atoms with Gasteiger partial charge in [-0.1, -0.05) is 18.2 Å². The summed E-state index contributed by atoms with van der Waals surface area (Å²) in [4.78, 5) is 24.5. The normalized spacial score (nSPS) is 15.2. The van der Waals surface area contributed by atoms with E-state index in [4.69, 9.17) is 4.74 Å². The molecular formula is C19H21N3O6S. The maximum Gasteiger partial charge on any atom is 0.289 e. The van der Waals surface area contributed by atoms with Gasteiger partial charge in [0.2, 0.25) is 10.0 Å². The van der Waals surface area contributed by atoms with E-state index in [1.807, 2.05) is 6.92 Å². The van der Waals surface area contributed by atoms with Gasteiger partial charge in [0.1, 0.15) is 5.75 Å². The van der Waals surface area contributed by atoms with Gasteiger partial charge in [0.05, 0.1) is 12.0 Å². The van der Waals surface area contributed by atoms with Crippen molar-refractivity contribution in [2.75, 3.05) is 33.3 Å². The van der Waals surface area contributed by atoms with E-state index in [1.165, 1.54) is 29.6 Å². The third-order valence-corrected chi connectivity index (χ3v) is 6.81. The summed E-state index contributed by atoms with van der Waals surface area (Å²) in [5, 5.41) is 11.2. The maximum absolute atomic E-state index is 12.9. The van der Waals surface area contributed by atoms with Crippen LogP contribution in [0.4, 0.5) is 5.69 Å². The van der Waals surface area contributed by atoms with Crippen molar-refractivity contribution in [1.29, 1.82) is 0 Å². The molecule has 1 aliphatic heterocycles. The molecule has 29 heavy (non-hydrogen) atoms. The molecule has 0 atom stereocenters. The lowest BCUT2D eigenvalue weighted by Gasteiger charge is -2.34. The number of sulfonamides is 1. The first-order chi connectivity index (χ1) is 13.8. The molecule has 1 fully saturated rings. The van der Waals surface area contributed by atoms with Crippen LogP contribution in [0, 0.1) is 17.0 Å². The number of piperazine rings is 1. The molecule has 1 heterocycles. The second-order valence-corrected chi connectivity index (χ2v) is 8.51. The van der Waals surface area contributed by atoms with Crippen LogP contribution in [0.15, 0.2) is 47.4 Å². The Balaban J connectivity index is 1.75. The van der Waals surface area contributed by atoms with Crippen LogP contribution in [-0.2, 0) is 10.0 Å². The summed E-state index contributed by atoms with van der Waals surface area (Å²) in [5.74, 6) is 0.388. The van der Waals surface area contributed by atoms with Crippen molar-refractivity contribution in [3.05, 3.63) is 63.7 Å². The molecule has 3 rings (SSSR count). The first-order valence-electron chi connectivity index (χ1n) is 8.93. The largest absolute Gasteiger partial charge is 0.496 e. The molecular weight excluding hydrogens is 398 g/mol. The van der Waals surface area contributed by atoms with Crippen molar-refractivity contribution in [3.8, 4) is 5.75 Å². The minimum absolute atomic E-state index is 0.0586. The topological polar surface area (TPSA) is 110 Å². The summed E-state index contributed by atoms with van der Waals surface area (Å²) in [6, 6.07) is 10.4. The molecule has 9 nitrogen and oxygen atoms in total. The number of methoxy groups -OCH3 is 1. The quantitative estimate of drug-likeness (QED) is 0.542. The molecule has 0 N–H and O–H groups in total. The van der Waals surface area contributed by atoms with Gasteiger partial charge in [0.25, 0.3) is 11.6 Å². The van der Waals surface area contributed by atoms with Gasteiger partial charge in [-0.25, -0.2) is 8.42 Å². The van der Waals surface area contributed by atoms with E-state index in [-0.39, 0.29) is 37.0 Å². The number of nitrogens with zero attached hydrogens (tertiary/aromatic N) is 3. The van der Waals surface area contributed by atoms with Gasteiger partial charge in [-0.15, -0.1) is 0 Å². The lowest BCUT2D eigenvalue weighted by Crippen LogP contribution is -2.50. The minimum Gasteiger partial charge on any atom is -0.496 e. The zero-order valence-corrected chi connectivity index (χ0v) is 16.9. The number of nitro benzene ring substituents is 1. The van der Waals surface area contributed by atoms with Crippen LogP contribution in [-0.4, -0.2) is 61.7 Å². The number of aryl methyl sites for hydroxylation is 1. The van der Waals surface area contributed by atoms with Crippen LogP contribution < -0.4 is 4.74 Å². The Morgan fingerprint density at radius 2 is 1.76 bits per heavy atom. The third kappa shape index (κ3) is 4.08. The summed E-state index contributed by atoms with van der Waals surface area (Å²) >= 11 is 0. The Kier molecular flexibility index (Phi) is 5.85. The number of amides is 1. The molecule has 0 aromatic heterocycles. The first kappa shape index (κ1) is 20.7. The van der Waals surface area contributed by atoms with Crippen molar-refractivity contribution in [3.63, 3.8) is 0 Å². The highest BCUT2D eigenvalue weighted by atomic mass is 32.2. The molecule has 0 saturated carbocycles. The molecule has 2 aromatic rings. The van der Waals surface area contributed by atoms with Gasteiger partial charge in [0, 0.05) is 37.8 Å². The van der Waals surface area contributed by atoms with Crippen LogP contribution in [0.3, 0.4) is 0 Å². The molecule has 1 amide bonds. The Hall–Kier alpha value is -2.98. The highest BCUT2D eigenvalue weighted by Crippen LogP contribution is 2.27. The average Bonchev–Trinajstić information content (AvgIpc) is 2.73.